The van der Waals surface area contributed by atoms with E-state index in [9.17, 15) is 9.18 Å². The molecular formula is C20H21FN4OS2. The van der Waals surface area contributed by atoms with E-state index < -0.39 is 0 Å². The van der Waals surface area contributed by atoms with E-state index in [2.05, 4.69) is 22.2 Å². The molecule has 5 nitrogen and oxygen atoms in total. The van der Waals surface area contributed by atoms with Crippen molar-refractivity contribution in [2.45, 2.75) is 37.9 Å². The molecule has 1 aliphatic carbocycles. The summed E-state index contributed by atoms with van der Waals surface area (Å²) in [5.41, 5.74) is 8.38. The van der Waals surface area contributed by atoms with Crippen LogP contribution >= 0.6 is 23.1 Å². The number of nitrogens with zero attached hydrogens (tertiary/aromatic N) is 2. The highest BCUT2D eigenvalue weighted by molar-refractivity contribution is 7.99. The number of aryl methyl sites for hydroxylation is 1. The number of amides is 1. The number of fused-ring (bicyclic) bond motifs is 3. The van der Waals surface area contributed by atoms with Gasteiger partial charge in [0.05, 0.1) is 11.1 Å². The van der Waals surface area contributed by atoms with Crippen molar-refractivity contribution in [2.75, 3.05) is 11.5 Å². The Labute approximate surface area is 171 Å². The van der Waals surface area contributed by atoms with Gasteiger partial charge in [0.1, 0.15) is 16.5 Å². The van der Waals surface area contributed by atoms with E-state index in [-0.39, 0.29) is 17.5 Å². The van der Waals surface area contributed by atoms with Crippen LogP contribution in [0.15, 0.2) is 29.4 Å². The summed E-state index contributed by atoms with van der Waals surface area (Å²) in [7, 11) is 0. The predicted molar refractivity (Wildman–Crippen MR) is 112 cm³/mol. The molecule has 1 unspecified atom stereocenters. The Hall–Kier alpha value is -2.19. The van der Waals surface area contributed by atoms with Gasteiger partial charge in [-0.05, 0) is 48.4 Å². The summed E-state index contributed by atoms with van der Waals surface area (Å²) in [6.45, 7) is 2.63. The van der Waals surface area contributed by atoms with Crippen LogP contribution in [0.3, 0.4) is 0 Å². The minimum atomic E-state index is -0.291. The lowest BCUT2D eigenvalue weighted by atomic mass is 9.89. The lowest BCUT2D eigenvalue weighted by Gasteiger charge is -2.17. The Morgan fingerprint density at radius 2 is 2.14 bits per heavy atom. The molecule has 8 heteroatoms. The molecule has 4 rings (SSSR count). The Morgan fingerprint density at radius 3 is 2.93 bits per heavy atom. The maximum Gasteiger partial charge on any atom is 0.230 e. The van der Waals surface area contributed by atoms with Crippen LogP contribution in [-0.4, -0.2) is 21.6 Å². The lowest BCUT2D eigenvalue weighted by Crippen LogP contribution is -2.24. The topological polar surface area (TPSA) is 80.9 Å². The number of nitrogens with one attached hydrogen (secondary N) is 1. The summed E-state index contributed by atoms with van der Waals surface area (Å²) in [4.78, 5) is 23.4. The van der Waals surface area contributed by atoms with Crippen LogP contribution in [0.25, 0.3) is 10.2 Å². The number of hydrogen-bond donors (Lipinski definition) is 2. The molecule has 0 aliphatic heterocycles. The maximum absolute atomic E-state index is 12.9. The van der Waals surface area contributed by atoms with E-state index in [0.29, 0.717) is 23.4 Å². The van der Waals surface area contributed by atoms with Crippen molar-refractivity contribution < 1.29 is 9.18 Å². The van der Waals surface area contributed by atoms with Gasteiger partial charge in [-0.25, -0.2) is 14.4 Å². The average Bonchev–Trinajstić information content (AvgIpc) is 3.03. The third-order valence-electron chi connectivity index (χ3n) is 4.90. The molecule has 28 heavy (non-hydrogen) atoms. The number of thiophene rings is 1. The van der Waals surface area contributed by atoms with Gasteiger partial charge in [-0.2, -0.15) is 0 Å². The number of carbonyl (C=O) groups is 1. The number of nitrogens with two attached hydrogens (primary N) is 1. The predicted octanol–water partition coefficient (Wildman–Crippen LogP) is 3.95. The fourth-order valence-electron chi connectivity index (χ4n) is 3.40. The Morgan fingerprint density at radius 1 is 1.36 bits per heavy atom. The largest absolute Gasteiger partial charge is 0.383 e. The summed E-state index contributed by atoms with van der Waals surface area (Å²) < 4.78 is 12.9. The number of aromatic nitrogens is 2. The van der Waals surface area contributed by atoms with Gasteiger partial charge in [-0.15, -0.1) is 11.3 Å². The van der Waals surface area contributed by atoms with Crippen molar-refractivity contribution in [1.29, 1.82) is 0 Å². The van der Waals surface area contributed by atoms with E-state index in [1.54, 1.807) is 23.5 Å². The number of hydrogen-bond acceptors (Lipinski definition) is 6. The Kier molecular flexibility index (Phi) is 5.50. The zero-order chi connectivity index (χ0) is 19.7. The van der Waals surface area contributed by atoms with Crippen LogP contribution in [0.4, 0.5) is 10.2 Å². The molecule has 1 amide bonds. The van der Waals surface area contributed by atoms with Crippen LogP contribution in [0.1, 0.15) is 29.3 Å². The second-order valence-electron chi connectivity index (χ2n) is 7.12. The fraction of sp³-hybridized carbons (Fsp3) is 0.350. The first kappa shape index (κ1) is 19.1. The van der Waals surface area contributed by atoms with Gasteiger partial charge < -0.3 is 11.1 Å². The van der Waals surface area contributed by atoms with Crippen LogP contribution in [0.2, 0.25) is 0 Å². The average molecular weight is 417 g/mol. The van der Waals surface area contributed by atoms with E-state index in [1.165, 1.54) is 40.8 Å². The summed E-state index contributed by atoms with van der Waals surface area (Å²) in [5, 5.41) is 4.34. The van der Waals surface area contributed by atoms with Gasteiger partial charge in [0.15, 0.2) is 5.16 Å². The van der Waals surface area contributed by atoms with E-state index >= 15 is 0 Å². The zero-order valence-corrected chi connectivity index (χ0v) is 17.1. The summed E-state index contributed by atoms with van der Waals surface area (Å²) in [5.74, 6) is 0.977. The monoisotopic (exact) mass is 416 g/mol. The molecular weight excluding hydrogens is 395 g/mol. The standard InChI is InChI=1S/C20H21FN4OS2/c1-11-2-7-14-15(8-11)28-19-17(14)18(22)24-20(25-19)27-10-16(26)23-9-12-3-5-13(21)6-4-12/h3-6,11H,2,7-10H2,1H3,(H,23,26)(H2,22,24,25). The normalized spacial score (nSPS) is 16.1. The summed E-state index contributed by atoms with van der Waals surface area (Å²) >= 11 is 2.97. The molecule has 1 aliphatic rings. The van der Waals surface area contributed by atoms with Crippen LogP contribution in [0.5, 0.6) is 0 Å². The minimum Gasteiger partial charge on any atom is -0.383 e. The smallest absolute Gasteiger partial charge is 0.230 e. The number of carbonyl (C=O) groups excluding carboxylic acids is 1. The Balaban J connectivity index is 1.40. The molecule has 0 saturated carbocycles. The van der Waals surface area contributed by atoms with Gasteiger partial charge >= 0.3 is 0 Å². The second-order valence-corrected chi connectivity index (χ2v) is 9.14. The molecule has 0 spiro atoms. The Bertz CT molecular complexity index is 1020. The first-order valence-electron chi connectivity index (χ1n) is 9.21. The number of halogens is 1. The van der Waals surface area contributed by atoms with Gasteiger partial charge in [0.2, 0.25) is 5.91 Å². The van der Waals surface area contributed by atoms with Crippen LogP contribution in [0, 0.1) is 11.7 Å². The lowest BCUT2D eigenvalue weighted by molar-refractivity contribution is -0.118. The fourth-order valence-corrected chi connectivity index (χ4v) is 5.53. The minimum absolute atomic E-state index is 0.129. The van der Waals surface area contributed by atoms with Crippen molar-refractivity contribution >= 4 is 45.0 Å². The van der Waals surface area contributed by atoms with Crippen molar-refractivity contribution in [1.82, 2.24) is 15.3 Å². The molecule has 2 heterocycles. The molecule has 0 saturated heterocycles. The van der Waals surface area contributed by atoms with Crippen LogP contribution < -0.4 is 11.1 Å². The molecule has 1 aromatic carbocycles. The summed E-state index contributed by atoms with van der Waals surface area (Å²) in [6.07, 6.45) is 3.27. The second kappa shape index (κ2) is 8.05. The highest BCUT2D eigenvalue weighted by Crippen LogP contribution is 2.39. The van der Waals surface area contributed by atoms with Crippen LogP contribution in [-0.2, 0) is 24.2 Å². The molecule has 3 N–H and O–H groups in total. The third kappa shape index (κ3) is 4.12. The van der Waals surface area contributed by atoms with Gasteiger partial charge in [0, 0.05) is 11.4 Å². The number of nitrogen functional groups attached to an aromatic ring is 1. The quantitative estimate of drug-likeness (QED) is 0.486. The molecule has 2 aromatic heterocycles. The zero-order valence-electron chi connectivity index (χ0n) is 15.5. The molecule has 1 atom stereocenters. The first-order chi connectivity index (χ1) is 13.5. The highest BCUT2D eigenvalue weighted by Gasteiger charge is 2.23. The maximum atomic E-state index is 12.9. The molecule has 3 aromatic rings. The first-order valence-corrected chi connectivity index (χ1v) is 11.0. The number of rotatable bonds is 5. The number of benzene rings is 1. The van der Waals surface area contributed by atoms with Gasteiger partial charge in [0.25, 0.3) is 0 Å². The van der Waals surface area contributed by atoms with E-state index in [4.69, 9.17) is 5.73 Å². The molecule has 0 radical (unpaired) electrons. The third-order valence-corrected chi connectivity index (χ3v) is 6.89. The van der Waals surface area contributed by atoms with Gasteiger partial charge in [-0.1, -0.05) is 30.8 Å². The molecule has 0 fully saturated rings. The van der Waals surface area contributed by atoms with E-state index in [0.717, 1.165) is 28.6 Å². The van der Waals surface area contributed by atoms with Crippen molar-refractivity contribution in [2.24, 2.45) is 5.92 Å². The number of thioether (sulfide) groups is 1. The van der Waals surface area contributed by atoms with E-state index in [1.807, 2.05) is 0 Å². The van der Waals surface area contributed by atoms with Crippen molar-refractivity contribution in [3.05, 3.63) is 46.1 Å². The SMILES string of the molecule is CC1CCc2c(sc3nc(SCC(=O)NCc4ccc(F)cc4)nc(N)c23)C1. The highest BCUT2D eigenvalue weighted by atomic mass is 32.2. The molecule has 146 valence electrons. The number of anilines is 1. The van der Waals surface area contributed by atoms with Crippen molar-refractivity contribution in [3.63, 3.8) is 0 Å². The van der Waals surface area contributed by atoms with Crippen molar-refractivity contribution in [3.8, 4) is 0 Å². The summed E-state index contributed by atoms with van der Waals surface area (Å²) in [6, 6.07) is 6.06. The van der Waals surface area contributed by atoms with Gasteiger partial charge in [-0.3, -0.25) is 4.79 Å². The molecule has 0 bridgehead atoms.